The molecule has 2 heteroatoms. The van der Waals surface area contributed by atoms with Crippen LogP contribution in [0.1, 0.15) is 52.9 Å². The van der Waals surface area contributed by atoms with E-state index >= 15 is 0 Å². The highest BCUT2D eigenvalue weighted by molar-refractivity contribution is 5.04. The van der Waals surface area contributed by atoms with Gasteiger partial charge in [0.2, 0.25) is 0 Å². The summed E-state index contributed by atoms with van der Waals surface area (Å²) in [5.74, 6) is 0.659. The molecule has 2 bridgehead atoms. The molecule has 2 saturated carbocycles. The van der Waals surface area contributed by atoms with Crippen LogP contribution in [0, 0.1) is 11.3 Å². The van der Waals surface area contributed by atoms with Crippen LogP contribution < -0.4 is 0 Å². The molecule has 2 nitrogen and oxygen atoms in total. The molecule has 0 radical (unpaired) electrons. The van der Waals surface area contributed by atoms with Gasteiger partial charge in [-0.2, -0.15) is 0 Å². The zero-order valence-electron chi connectivity index (χ0n) is 10.3. The monoisotopic (exact) mass is 212 g/mol. The highest BCUT2D eigenvalue weighted by Crippen LogP contribution is 2.57. The molecule has 88 valence electrons. The minimum absolute atomic E-state index is 0.0873. The fourth-order valence-corrected chi connectivity index (χ4v) is 3.43. The molecule has 4 unspecified atom stereocenters. The first-order valence-electron chi connectivity index (χ1n) is 6.28. The number of hydrogen-bond donors (Lipinski definition) is 1. The van der Waals surface area contributed by atoms with Crippen molar-refractivity contribution in [2.75, 3.05) is 6.61 Å². The van der Waals surface area contributed by atoms with E-state index in [4.69, 9.17) is 4.74 Å². The lowest BCUT2D eigenvalue weighted by Gasteiger charge is -2.42. The molecule has 15 heavy (non-hydrogen) atoms. The van der Waals surface area contributed by atoms with E-state index in [0.717, 1.165) is 0 Å². The molecular weight excluding hydrogens is 188 g/mol. The molecule has 4 atom stereocenters. The molecule has 2 fully saturated rings. The molecule has 0 aromatic rings. The van der Waals surface area contributed by atoms with E-state index in [1.165, 1.54) is 32.1 Å². The average Bonchev–Trinajstić information content (AvgIpc) is 2.46. The van der Waals surface area contributed by atoms with Crippen molar-refractivity contribution in [3.63, 3.8) is 0 Å². The van der Waals surface area contributed by atoms with Crippen molar-refractivity contribution in [3.05, 3.63) is 0 Å². The number of aliphatic hydroxyl groups is 1. The van der Waals surface area contributed by atoms with Crippen molar-refractivity contribution in [2.45, 2.75) is 64.6 Å². The van der Waals surface area contributed by atoms with Crippen molar-refractivity contribution < 1.29 is 9.84 Å². The molecule has 2 aliphatic carbocycles. The summed E-state index contributed by atoms with van der Waals surface area (Å²) in [7, 11) is 0. The standard InChI is InChI=1S/C13H24O2/c1-10-4-5-12(3)6-7-13(10,9-12)15-8-11(2)14/h10-11,14H,4-9H2,1-3H3. The molecule has 0 saturated heterocycles. The first kappa shape index (κ1) is 11.4. The lowest BCUT2D eigenvalue weighted by Crippen LogP contribution is -2.42. The third kappa shape index (κ3) is 2.07. The number of hydrogen-bond acceptors (Lipinski definition) is 2. The largest absolute Gasteiger partial charge is 0.391 e. The van der Waals surface area contributed by atoms with Crippen LogP contribution >= 0.6 is 0 Å². The molecule has 0 aromatic heterocycles. The van der Waals surface area contributed by atoms with Crippen LogP contribution in [-0.2, 0) is 4.74 Å². The van der Waals surface area contributed by atoms with E-state index in [-0.39, 0.29) is 11.7 Å². The smallest absolute Gasteiger partial charge is 0.0745 e. The molecule has 2 rings (SSSR count). The Morgan fingerprint density at radius 2 is 2.13 bits per heavy atom. The van der Waals surface area contributed by atoms with Crippen LogP contribution in [-0.4, -0.2) is 23.4 Å². The number of rotatable bonds is 3. The fourth-order valence-electron chi connectivity index (χ4n) is 3.43. The molecular formula is C13H24O2. The maximum atomic E-state index is 9.33. The Labute approximate surface area is 93.0 Å². The zero-order chi connectivity index (χ0) is 11.1. The van der Waals surface area contributed by atoms with Crippen molar-refractivity contribution in [1.29, 1.82) is 0 Å². The van der Waals surface area contributed by atoms with Crippen molar-refractivity contribution >= 4 is 0 Å². The molecule has 0 aliphatic heterocycles. The number of fused-ring (bicyclic) bond motifs is 2. The maximum absolute atomic E-state index is 9.33. The van der Waals surface area contributed by atoms with Gasteiger partial charge in [-0.05, 0) is 50.4 Å². The van der Waals surface area contributed by atoms with Crippen LogP contribution in [0.5, 0.6) is 0 Å². The number of aliphatic hydroxyl groups excluding tert-OH is 1. The third-order valence-corrected chi connectivity index (χ3v) is 4.57. The van der Waals surface area contributed by atoms with Gasteiger partial charge in [-0.1, -0.05) is 13.8 Å². The van der Waals surface area contributed by atoms with E-state index in [1.54, 1.807) is 6.92 Å². The van der Waals surface area contributed by atoms with Gasteiger partial charge in [0.25, 0.3) is 0 Å². The van der Waals surface area contributed by atoms with Crippen molar-refractivity contribution in [2.24, 2.45) is 11.3 Å². The third-order valence-electron chi connectivity index (χ3n) is 4.57. The molecule has 0 heterocycles. The van der Waals surface area contributed by atoms with Gasteiger partial charge in [0.05, 0.1) is 18.3 Å². The van der Waals surface area contributed by atoms with Gasteiger partial charge in [-0.3, -0.25) is 0 Å². The topological polar surface area (TPSA) is 29.5 Å². The Kier molecular flexibility index (Phi) is 2.85. The summed E-state index contributed by atoms with van der Waals surface area (Å²) in [6.45, 7) is 7.01. The van der Waals surface area contributed by atoms with Gasteiger partial charge in [-0.25, -0.2) is 0 Å². The van der Waals surface area contributed by atoms with Crippen molar-refractivity contribution in [3.8, 4) is 0 Å². The van der Waals surface area contributed by atoms with Gasteiger partial charge >= 0.3 is 0 Å². The summed E-state index contributed by atoms with van der Waals surface area (Å²) in [6.07, 6.45) is 6.01. The van der Waals surface area contributed by atoms with Crippen LogP contribution in [0.2, 0.25) is 0 Å². The van der Waals surface area contributed by atoms with Crippen LogP contribution in [0.15, 0.2) is 0 Å². The number of ether oxygens (including phenoxy) is 1. The second-order valence-corrected chi connectivity index (χ2v) is 6.15. The average molecular weight is 212 g/mol. The van der Waals surface area contributed by atoms with E-state index < -0.39 is 0 Å². The lowest BCUT2D eigenvalue weighted by molar-refractivity contribution is -0.121. The van der Waals surface area contributed by atoms with Crippen molar-refractivity contribution in [1.82, 2.24) is 0 Å². The zero-order valence-corrected chi connectivity index (χ0v) is 10.3. The van der Waals surface area contributed by atoms with E-state index in [2.05, 4.69) is 13.8 Å². The normalized spacial score (nSPS) is 46.8. The van der Waals surface area contributed by atoms with E-state index in [9.17, 15) is 5.11 Å². The predicted octanol–water partition coefficient (Wildman–Crippen LogP) is 2.74. The molecule has 0 aromatic carbocycles. The lowest BCUT2D eigenvalue weighted by atomic mass is 9.70. The Morgan fingerprint density at radius 3 is 2.80 bits per heavy atom. The summed E-state index contributed by atoms with van der Waals surface area (Å²) in [6, 6.07) is 0. The van der Waals surface area contributed by atoms with Gasteiger partial charge in [0, 0.05) is 0 Å². The molecule has 2 aliphatic rings. The fraction of sp³-hybridized carbons (Fsp3) is 1.00. The second kappa shape index (κ2) is 3.74. The van der Waals surface area contributed by atoms with Gasteiger partial charge < -0.3 is 9.84 Å². The first-order chi connectivity index (χ1) is 6.96. The summed E-state index contributed by atoms with van der Waals surface area (Å²) in [5, 5.41) is 9.33. The Bertz CT molecular complexity index is 239. The Hall–Kier alpha value is -0.0800. The van der Waals surface area contributed by atoms with Gasteiger partial charge in [0.1, 0.15) is 0 Å². The summed E-state index contributed by atoms with van der Waals surface area (Å²) in [4.78, 5) is 0. The second-order valence-electron chi connectivity index (χ2n) is 6.15. The van der Waals surface area contributed by atoms with Gasteiger partial charge in [-0.15, -0.1) is 0 Å². The maximum Gasteiger partial charge on any atom is 0.0745 e. The highest BCUT2D eigenvalue weighted by atomic mass is 16.5. The van der Waals surface area contributed by atoms with Crippen LogP contribution in [0.4, 0.5) is 0 Å². The first-order valence-corrected chi connectivity index (χ1v) is 6.28. The Morgan fingerprint density at radius 1 is 1.40 bits per heavy atom. The van der Waals surface area contributed by atoms with E-state index in [0.29, 0.717) is 17.9 Å². The highest BCUT2D eigenvalue weighted by Gasteiger charge is 2.52. The van der Waals surface area contributed by atoms with E-state index in [1.807, 2.05) is 0 Å². The van der Waals surface area contributed by atoms with Crippen LogP contribution in [0.25, 0.3) is 0 Å². The summed E-state index contributed by atoms with van der Waals surface area (Å²) in [5.41, 5.74) is 0.606. The predicted molar refractivity (Wildman–Crippen MR) is 60.7 cm³/mol. The SMILES string of the molecule is CC(O)COC12CCC(C)(CCC1C)C2. The molecule has 0 spiro atoms. The minimum Gasteiger partial charge on any atom is -0.391 e. The summed E-state index contributed by atoms with van der Waals surface area (Å²) < 4.78 is 6.05. The summed E-state index contributed by atoms with van der Waals surface area (Å²) >= 11 is 0. The Balaban J connectivity index is 2.05. The minimum atomic E-state index is -0.333. The quantitative estimate of drug-likeness (QED) is 0.779. The molecule has 1 N–H and O–H groups in total. The van der Waals surface area contributed by atoms with Crippen LogP contribution in [0.3, 0.4) is 0 Å². The van der Waals surface area contributed by atoms with Gasteiger partial charge in [0.15, 0.2) is 0 Å². The molecule has 0 amide bonds.